The first-order valence-electron chi connectivity index (χ1n) is 8.17. The van der Waals surface area contributed by atoms with E-state index in [9.17, 15) is 18.7 Å². The number of halogens is 3. The van der Waals surface area contributed by atoms with Crippen molar-refractivity contribution in [3.8, 4) is 0 Å². The van der Waals surface area contributed by atoms with Crippen molar-refractivity contribution in [2.45, 2.75) is 31.3 Å². The normalized spacial score (nSPS) is 19.6. The maximum Gasteiger partial charge on any atom is 0.320 e. The Morgan fingerprint density at radius 1 is 1.16 bits per heavy atom. The lowest BCUT2D eigenvalue weighted by Gasteiger charge is -2.40. The number of carbonyl (C=O) groups is 1. The van der Waals surface area contributed by atoms with Crippen molar-refractivity contribution in [3.05, 3.63) is 69.7 Å². The molecule has 1 heterocycles. The van der Waals surface area contributed by atoms with Crippen molar-refractivity contribution in [3.63, 3.8) is 0 Å². The van der Waals surface area contributed by atoms with Crippen LogP contribution >= 0.6 is 15.9 Å². The molecule has 0 saturated carbocycles. The van der Waals surface area contributed by atoms with Crippen LogP contribution in [-0.2, 0) is 4.79 Å². The van der Waals surface area contributed by atoms with Gasteiger partial charge in [0.25, 0.3) is 0 Å². The fourth-order valence-corrected chi connectivity index (χ4v) is 3.97. The predicted molar refractivity (Wildman–Crippen MR) is 94.3 cm³/mol. The van der Waals surface area contributed by atoms with E-state index in [1.165, 1.54) is 12.1 Å². The average molecular weight is 410 g/mol. The molecule has 0 radical (unpaired) electrons. The number of hydrogen-bond donors (Lipinski definition) is 1. The summed E-state index contributed by atoms with van der Waals surface area (Å²) in [6.45, 7) is 0.541. The van der Waals surface area contributed by atoms with Crippen LogP contribution in [0.25, 0.3) is 0 Å². The Morgan fingerprint density at radius 2 is 1.92 bits per heavy atom. The molecule has 0 aromatic heterocycles. The number of likely N-dealkylation sites (tertiary alicyclic amines) is 1. The van der Waals surface area contributed by atoms with Gasteiger partial charge in [0, 0.05) is 16.1 Å². The van der Waals surface area contributed by atoms with Crippen LogP contribution in [0.3, 0.4) is 0 Å². The minimum atomic E-state index is -0.917. The van der Waals surface area contributed by atoms with E-state index in [2.05, 4.69) is 15.9 Å². The second-order valence-electron chi connectivity index (χ2n) is 6.18. The van der Waals surface area contributed by atoms with Crippen LogP contribution in [-0.4, -0.2) is 28.6 Å². The number of rotatable bonds is 4. The summed E-state index contributed by atoms with van der Waals surface area (Å²) in [7, 11) is 0. The second kappa shape index (κ2) is 7.62. The van der Waals surface area contributed by atoms with E-state index in [1.54, 1.807) is 0 Å². The maximum atomic E-state index is 14.6. The topological polar surface area (TPSA) is 40.5 Å². The molecule has 1 saturated heterocycles. The highest BCUT2D eigenvalue weighted by Crippen LogP contribution is 2.38. The molecule has 2 aromatic carbocycles. The van der Waals surface area contributed by atoms with Gasteiger partial charge in [0.05, 0.1) is 6.04 Å². The molecule has 1 N–H and O–H groups in total. The Hall–Kier alpha value is -1.79. The van der Waals surface area contributed by atoms with Crippen molar-refractivity contribution in [2.75, 3.05) is 6.54 Å². The molecule has 1 aliphatic heterocycles. The lowest BCUT2D eigenvalue weighted by atomic mass is 9.91. The highest BCUT2D eigenvalue weighted by Gasteiger charge is 2.36. The second-order valence-corrected chi connectivity index (χ2v) is 7.03. The van der Waals surface area contributed by atoms with Crippen LogP contribution in [0.15, 0.2) is 46.9 Å². The van der Waals surface area contributed by atoms with Crippen molar-refractivity contribution in [2.24, 2.45) is 0 Å². The molecule has 132 valence electrons. The van der Waals surface area contributed by atoms with Crippen LogP contribution in [0.4, 0.5) is 8.78 Å². The molecule has 2 unspecified atom stereocenters. The van der Waals surface area contributed by atoms with Gasteiger partial charge >= 0.3 is 5.97 Å². The van der Waals surface area contributed by atoms with Gasteiger partial charge in [-0.05, 0) is 37.1 Å². The van der Waals surface area contributed by atoms with E-state index in [0.717, 1.165) is 28.9 Å². The third-order valence-electron chi connectivity index (χ3n) is 4.62. The summed E-state index contributed by atoms with van der Waals surface area (Å²) in [5.41, 5.74) is 1.04. The Balaban J connectivity index is 2.15. The lowest BCUT2D eigenvalue weighted by molar-refractivity contribution is -0.145. The zero-order valence-electron chi connectivity index (χ0n) is 13.5. The van der Waals surface area contributed by atoms with E-state index >= 15 is 0 Å². The smallest absolute Gasteiger partial charge is 0.320 e. The van der Waals surface area contributed by atoms with Crippen molar-refractivity contribution < 1.29 is 18.7 Å². The molecule has 0 aliphatic carbocycles. The van der Waals surface area contributed by atoms with Gasteiger partial charge in [0.15, 0.2) is 0 Å². The first-order chi connectivity index (χ1) is 12.0. The molecule has 0 amide bonds. The number of carboxylic acids is 1. The zero-order valence-corrected chi connectivity index (χ0v) is 15.0. The van der Waals surface area contributed by atoms with E-state index in [1.807, 2.05) is 29.2 Å². The average Bonchev–Trinajstić information content (AvgIpc) is 2.59. The molecular weight excluding hydrogens is 392 g/mol. The van der Waals surface area contributed by atoms with Gasteiger partial charge in [-0.3, -0.25) is 9.69 Å². The zero-order chi connectivity index (χ0) is 18.0. The SMILES string of the molecule is O=C(O)C1CCCCN1C(c1ccc(F)cc1F)c1ccccc1Br. The Morgan fingerprint density at radius 3 is 2.60 bits per heavy atom. The summed E-state index contributed by atoms with van der Waals surface area (Å²) in [5, 5.41) is 9.63. The molecule has 1 aliphatic rings. The summed E-state index contributed by atoms with van der Waals surface area (Å²) in [5.74, 6) is -2.24. The highest BCUT2D eigenvalue weighted by molar-refractivity contribution is 9.10. The Kier molecular flexibility index (Phi) is 5.49. The number of hydrogen-bond acceptors (Lipinski definition) is 2. The van der Waals surface area contributed by atoms with Crippen LogP contribution in [0.1, 0.15) is 36.4 Å². The number of piperidine rings is 1. The van der Waals surface area contributed by atoms with E-state index in [0.29, 0.717) is 13.0 Å². The quantitative estimate of drug-likeness (QED) is 0.791. The minimum absolute atomic E-state index is 0.279. The van der Waals surface area contributed by atoms with Gasteiger partial charge < -0.3 is 5.11 Å². The predicted octanol–water partition coefficient (Wildman–Crippen LogP) is 4.76. The molecule has 3 rings (SSSR count). The van der Waals surface area contributed by atoms with Gasteiger partial charge in [-0.2, -0.15) is 0 Å². The first-order valence-corrected chi connectivity index (χ1v) is 8.96. The largest absolute Gasteiger partial charge is 0.480 e. The fourth-order valence-electron chi connectivity index (χ4n) is 3.47. The molecule has 2 aromatic rings. The fraction of sp³-hybridized carbons (Fsp3) is 0.316. The minimum Gasteiger partial charge on any atom is -0.480 e. The number of benzene rings is 2. The van der Waals surface area contributed by atoms with E-state index < -0.39 is 29.7 Å². The van der Waals surface area contributed by atoms with E-state index in [4.69, 9.17) is 0 Å². The van der Waals surface area contributed by atoms with Crippen molar-refractivity contribution in [1.82, 2.24) is 4.90 Å². The van der Waals surface area contributed by atoms with Gasteiger partial charge in [-0.15, -0.1) is 0 Å². The van der Waals surface area contributed by atoms with Crippen LogP contribution in [0.5, 0.6) is 0 Å². The third kappa shape index (κ3) is 3.75. The molecule has 1 fully saturated rings. The molecule has 25 heavy (non-hydrogen) atoms. The van der Waals surface area contributed by atoms with Crippen molar-refractivity contribution in [1.29, 1.82) is 0 Å². The van der Waals surface area contributed by atoms with Gasteiger partial charge in [-0.1, -0.05) is 46.6 Å². The van der Waals surface area contributed by atoms with Crippen LogP contribution in [0, 0.1) is 11.6 Å². The maximum absolute atomic E-state index is 14.6. The summed E-state index contributed by atoms with van der Waals surface area (Å²) in [6.07, 6.45) is 2.18. The van der Waals surface area contributed by atoms with Crippen LogP contribution in [0.2, 0.25) is 0 Å². The van der Waals surface area contributed by atoms with Crippen molar-refractivity contribution >= 4 is 21.9 Å². The van der Waals surface area contributed by atoms with Crippen LogP contribution < -0.4 is 0 Å². The summed E-state index contributed by atoms with van der Waals surface area (Å²) in [6, 6.07) is 9.51. The Bertz CT molecular complexity index is 784. The third-order valence-corrected chi connectivity index (χ3v) is 5.34. The lowest BCUT2D eigenvalue weighted by Crippen LogP contribution is -2.47. The molecule has 2 atom stereocenters. The molecule has 6 heteroatoms. The first kappa shape index (κ1) is 18.0. The van der Waals surface area contributed by atoms with E-state index in [-0.39, 0.29) is 5.56 Å². The summed E-state index contributed by atoms with van der Waals surface area (Å²) >= 11 is 3.49. The van der Waals surface area contributed by atoms with Gasteiger partial charge in [-0.25, -0.2) is 8.78 Å². The monoisotopic (exact) mass is 409 g/mol. The number of nitrogens with zero attached hydrogens (tertiary/aromatic N) is 1. The summed E-state index contributed by atoms with van der Waals surface area (Å²) in [4.78, 5) is 13.6. The molecule has 0 bridgehead atoms. The Labute approximate surface area is 153 Å². The number of aliphatic carboxylic acids is 1. The van der Waals surface area contributed by atoms with Gasteiger partial charge in [0.2, 0.25) is 0 Å². The standard InChI is InChI=1S/C19H18BrF2NO2/c20-15-6-2-1-5-13(15)18(14-9-8-12(21)11-16(14)22)23-10-4-3-7-17(23)19(24)25/h1-2,5-6,8-9,11,17-18H,3-4,7,10H2,(H,24,25). The number of carboxylic acid groups (broad SMARTS) is 1. The summed E-state index contributed by atoms with van der Waals surface area (Å²) < 4.78 is 28.7. The van der Waals surface area contributed by atoms with Gasteiger partial charge in [0.1, 0.15) is 17.7 Å². The molecular formula is C19H18BrF2NO2. The molecule has 3 nitrogen and oxygen atoms in total. The highest BCUT2D eigenvalue weighted by atomic mass is 79.9. The molecule has 0 spiro atoms.